The lowest BCUT2D eigenvalue weighted by atomic mass is 10.1. The lowest BCUT2D eigenvalue weighted by Gasteiger charge is -2.06. The summed E-state index contributed by atoms with van der Waals surface area (Å²) in [4.78, 5) is 3.70. The predicted molar refractivity (Wildman–Crippen MR) is 44.7 cm³/mol. The highest BCUT2D eigenvalue weighted by molar-refractivity contribution is 5.31. The second-order valence-corrected chi connectivity index (χ2v) is 2.55. The van der Waals surface area contributed by atoms with Crippen LogP contribution in [0.5, 0.6) is 5.75 Å². The molecule has 0 unspecified atom stereocenters. The third-order valence-corrected chi connectivity index (χ3v) is 1.69. The van der Waals surface area contributed by atoms with Gasteiger partial charge in [-0.25, -0.2) is 4.39 Å². The van der Waals surface area contributed by atoms with Crippen LogP contribution in [0.25, 0.3) is 0 Å². The summed E-state index contributed by atoms with van der Waals surface area (Å²) in [6.45, 7) is 2.00. The largest absolute Gasteiger partial charge is 0.495 e. The van der Waals surface area contributed by atoms with Crippen LogP contribution in [0.15, 0.2) is 12.4 Å². The molecular formula is C9H12FNO. The minimum Gasteiger partial charge on any atom is -0.495 e. The summed E-state index contributed by atoms with van der Waals surface area (Å²) in [5, 5.41) is 0. The van der Waals surface area contributed by atoms with Crippen LogP contribution in [0.3, 0.4) is 0 Å². The van der Waals surface area contributed by atoms with Crippen molar-refractivity contribution in [1.82, 2.24) is 4.98 Å². The summed E-state index contributed by atoms with van der Waals surface area (Å²) < 4.78 is 18.1. The highest BCUT2D eigenvalue weighted by Crippen LogP contribution is 2.20. The van der Waals surface area contributed by atoms with Crippen molar-refractivity contribution >= 4 is 0 Å². The minimum atomic E-state index is -0.281. The monoisotopic (exact) mass is 169 g/mol. The molecule has 0 aliphatic carbocycles. The molecule has 0 N–H and O–H groups in total. The van der Waals surface area contributed by atoms with Crippen LogP contribution in [0.2, 0.25) is 0 Å². The summed E-state index contributed by atoms with van der Waals surface area (Å²) in [7, 11) is 1.52. The van der Waals surface area contributed by atoms with Crippen LogP contribution in [0.4, 0.5) is 4.39 Å². The van der Waals surface area contributed by atoms with Crippen molar-refractivity contribution in [3.8, 4) is 5.75 Å². The van der Waals surface area contributed by atoms with Gasteiger partial charge in [-0.2, -0.15) is 0 Å². The Hall–Kier alpha value is -1.12. The minimum absolute atomic E-state index is 0.281. The van der Waals surface area contributed by atoms with Crippen molar-refractivity contribution in [1.29, 1.82) is 0 Å². The van der Waals surface area contributed by atoms with Gasteiger partial charge in [-0.15, -0.1) is 0 Å². The van der Waals surface area contributed by atoms with E-state index < -0.39 is 0 Å². The first kappa shape index (κ1) is 8.97. The van der Waals surface area contributed by atoms with Crippen LogP contribution >= 0.6 is 0 Å². The van der Waals surface area contributed by atoms with E-state index in [2.05, 4.69) is 4.98 Å². The lowest BCUT2D eigenvalue weighted by molar-refractivity contribution is 0.401. The number of ether oxygens (including phenoxy) is 1. The van der Waals surface area contributed by atoms with Gasteiger partial charge < -0.3 is 4.74 Å². The molecule has 3 heteroatoms. The maximum atomic E-state index is 13.1. The predicted octanol–water partition coefficient (Wildman–Crippen LogP) is 2.18. The number of rotatable bonds is 3. The Balaban J connectivity index is 3.02. The van der Waals surface area contributed by atoms with Crippen molar-refractivity contribution in [2.75, 3.05) is 7.11 Å². The van der Waals surface area contributed by atoms with Crippen LogP contribution in [0.1, 0.15) is 18.9 Å². The molecule has 0 saturated carbocycles. The van der Waals surface area contributed by atoms with Crippen LogP contribution in [-0.2, 0) is 6.42 Å². The Morgan fingerprint density at radius 3 is 2.83 bits per heavy atom. The second kappa shape index (κ2) is 4.04. The zero-order chi connectivity index (χ0) is 8.97. The molecule has 1 heterocycles. The molecule has 66 valence electrons. The molecule has 0 amide bonds. The van der Waals surface area contributed by atoms with Gasteiger partial charge in [-0.1, -0.05) is 13.3 Å². The van der Waals surface area contributed by atoms with Crippen molar-refractivity contribution in [3.05, 3.63) is 23.8 Å². The van der Waals surface area contributed by atoms with Gasteiger partial charge in [0, 0.05) is 5.56 Å². The molecule has 0 aromatic carbocycles. The van der Waals surface area contributed by atoms with Gasteiger partial charge in [0.2, 0.25) is 0 Å². The molecular weight excluding hydrogens is 157 g/mol. The number of pyridine rings is 1. The van der Waals surface area contributed by atoms with E-state index in [0.29, 0.717) is 17.7 Å². The molecule has 0 aliphatic heterocycles. The average Bonchev–Trinajstić information content (AvgIpc) is 2.09. The van der Waals surface area contributed by atoms with Crippen molar-refractivity contribution < 1.29 is 9.13 Å². The van der Waals surface area contributed by atoms with Gasteiger partial charge in [0.25, 0.3) is 0 Å². The summed E-state index contributed by atoms with van der Waals surface area (Å²) >= 11 is 0. The third-order valence-electron chi connectivity index (χ3n) is 1.69. The number of halogens is 1. The first-order valence-electron chi connectivity index (χ1n) is 3.96. The van der Waals surface area contributed by atoms with Gasteiger partial charge in [0.05, 0.1) is 19.5 Å². The molecule has 0 bridgehead atoms. The summed E-state index contributed by atoms with van der Waals surface area (Å²) in [6.07, 6.45) is 4.34. The molecule has 0 saturated heterocycles. The zero-order valence-electron chi connectivity index (χ0n) is 7.30. The summed E-state index contributed by atoms with van der Waals surface area (Å²) in [5.74, 6) is 0.257. The second-order valence-electron chi connectivity index (χ2n) is 2.55. The molecule has 12 heavy (non-hydrogen) atoms. The Bertz CT molecular complexity index is 263. The molecule has 1 aromatic rings. The molecule has 0 spiro atoms. The van der Waals surface area contributed by atoms with E-state index in [1.165, 1.54) is 19.5 Å². The summed E-state index contributed by atoms with van der Waals surface area (Å²) in [6, 6.07) is 0. The van der Waals surface area contributed by atoms with Crippen molar-refractivity contribution in [2.24, 2.45) is 0 Å². The van der Waals surface area contributed by atoms with Crippen molar-refractivity contribution in [2.45, 2.75) is 19.8 Å². The lowest BCUT2D eigenvalue weighted by Crippen LogP contribution is -1.96. The Morgan fingerprint density at radius 1 is 1.50 bits per heavy atom. The van der Waals surface area contributed by atoms with E-state index in [9.17, 15) is 4.39 Å². The Labute approximate surface area is 71.4 Å². The number of aromatic nitrogens is 1. The number of hydrogen-bond acceptors (Lipinski definition) is 2. The van der Waals surface area contributed by atoms with E-state index in [0.717, 1.165) is 6.42 Å². The highest BCUT2D eigenvalue weighted by atomic mass is 19.1. The SMILES string of the molecule is CCCc1c(F)cncc1OC. The fourth-order valence-electron chi connectivity index (χ4n) is 1.11. The van der Waals surface area contributed by atoms with Gasteiger partial charge in [0.1, 0.15) is 11.6 Å². The van der Waals surface area contributed by atoms with Gasteiger partial charge in [-0.05, 0) is 6.42 Å². The fraction of sp³-hybridized carbons (Fsp3) is 0.444. The van der Waals surface area contributed by atoms with Gasteiger partial charge in [0.15, 0.2) is 0 Å². The average molecular weight is 169 g/mol. The van der Waals surface area contributed by atoms with Crippen LogP contribution < -0.4 is 4.74 Å². The van der Waals surface area contributed by atoms with Gasteiger partial charge in [-0.3, -0.25) is 4.98 Å². The van der Waals surface area contributed by atoms with Crippen molar-refractivity contribution in [3.63, 3.8) is 0 Å². The third kappa shape index (κ3) is 1.72. The van der Waals surface area contributed by atoms with Gasteiger partial charge >= 0.3 is 0 Å². The fourth-order valence-corrected chi connectivity index (χ4v) is 1.11. The van der Waals surface area contributed by atoms with E-state index in [4.69, 9.17) is 4.74 Å². The van der Waals surface area contributed by atoms with E-state index in [-0.39, 0.29) is 5.82 Å². The smallest absolute Gasteiger partial charge is 0.148 e. The first-order chi connectivity index (χ1) is 5.79. The number of nitrogens with zero attached hydrogens (tertiary/aromatic N) is 1. The van der Waals surface area contributed by atoms with E-state index >= 15 is 0 Å². The standard InChI is InChI=1S/C9H12FNO/c1-3-4-7-8(10)5-11-6-9(7)12-2/h5-6H,3-4H2,1-2H3. The quantitative estimate of drug-likeness (QED) is 0.691. The Kier molecular flexibility index (Phi) is 3.02. The van der Waals surface area contributed by atoms with E-state index in [1.807, 2.05) is 6.92 Å². The molecule has 0 atom stereocenters. The molecule has 2 nitrogen and oxygen atoms in total. The first-order valence-corrected chi connectivity index (χ1v) is 3.96. The van der Waals surface area contributed by atoms with E-state index in [1.54, 1.807) is 0 Å². The zero-order valence-corrected chi connectivity index (χ0v) is 7.30. The Morgan fingerprint density at radius 2 is 2.25 bits per heavy atom. The van der Waals surface area contributed by atoms with Crippen LogP contribution in [0, 0.1) is 5.82 Å². The number of hydrogen-bond donors (Lipinski definition) is 0. The van der Waals surface area contributed by atoms with Crippen LogP contribution in [-0.4, -0.2) is 12.1 Å². The number of methoxy groups -OCH3 is 1. The topological polar surface area (TPSA) is 22.1 Å². The molecule has 0 aliphatic rings. The maximum Gasteiger partial charge on any atom is 0.148 e. The summed E-state index contributed by atoms with van der Waals surface area (Å²) in [5.41, 5.74) is 0.620. The molecule has 0 radical (unpaired) electrons. The molecule has 0 fully saturated rings. The molecule has 1 rings (SSSR count). The maximum absolute atomic E-state index is 13.1. The normalized spacial score (nSPS) is 9.92. The molecule has 1 aromatic heterocycles. The highest BCUT2D eigenvalue weighted by Gasteiger charge is 2.07.